The minimum Gasteiger partial charge on any atom is -0.407 e. The summed E-state index contributed by atoms with van der Waals surface area (Å²) in [5.41, 5.74) is 0.787. The van der Waals surface area contributed by atoms with Gasteiger partial charge in [0.05, 0.1) is 16.6 Å². The Morgan fingerprint density at radius 2 is 1.84 bits per heavy atom. The standard InChI is InChI=1S/C21H19ClN4O5S/c22-15-6-8-17(9-7-15)32(29,30)11-10-18(27)23-21-25-24-20(31-21)14-12-19(28)26(13-14)16-4-2-1-3-5-16/h1-9,14H,10-13H2,(H,23,25,27). The van der Waals surface area contributed by atoms with Crippen LogP contribution in [-0.2, 0) is 19.4 Å². The van der Waals surface area contributed by atoms with E-state index in [1.165, 1.54) is 24.3 Å². The second-order valence-corrected chi connectivity index (χ2v) is 9.80. The molecular weight excluding hydrogens is 456 g/mol. The molecule has 4 rings (SSSR count). The summed E-state index contributed by atoms with van der Waals surface area (Å²) in [7, 11) is -3.64. The Bertz CT molecular complexity index is 1230. The molecule has 2 heterocycles. The quantitative estimate of drug-likeness (QED) is 0.558. The Morgan fingerprint density at radius 3 is 2.56 bits per heavy atom. The van der Waals surface area contributed by atoms with Gasteiger partial charge in [-0.1, -0.05) is 34.9 Å². The third-order valence-corrected chi connectivity index (χ3v) is 6.98. The minimum absolute atomic E-state index is 0.0580. The predicted octanol–water partition coefficient (Wildman–Crippen LogP) is 3.05. The first-order valence-corrected chi connectivity index (χ1v) is 11.8. The molecule has 32 heavy (non-hydrogen) atoms. The average Bonchev–Trinajstić information content (AvgIpc) is 3.40. The smallest absolute Gasteiger partial charge is 0.322 e. The predicted molar refractivity (Wildman–Crippen MR) is 117 cm³/mol. The fourth-order valence-corrected chi connectivity index (χ4v) is 4.72. The van der Waals surface area contributed by atoms with E-state index in [1.807, 2.05) is 30.3 Å². The number of hydrogen-bond acceptors (Lipinski definition) is 7. The van der Waals surface area contributed by atoms with Crippen LogP contribution >= 0.6 is 11.6 Å². The van der Waals surface area contributed by atoms with Gasteiger partial charge in [0, 0.05) is 30.1 Å². The maximum Gasteiger partial charge on any atom is 0.322 e. The fraction of sp³-hybridized carbons (Fsp3) is 0.238. The van der Waals surface area contributed by atoms with Crippen molar-refractivity contribution >= 4 is 45.0 Å². The van der Waals surface area contributed by atoms with Crippen LogP contribution in [0.15, 0.2) is 63.9 Å². The van der Waals surface area contributed by atoms with Crippen molar-refractivity contribution < 1.29 is 22.4 Å². The van der Waals surface area contributed by atoms with Crippen LogP contribution < -0.4 is 10.2 Å². The molecular formula is C21H19ClN4O5S. The number of amides is 2. The monoisotopic (exact) mass is 474 g/mol. The molecule has 1 unspecified atom stereocenters. The van der Waals surface area contributed by atoms with Crippen LogP contribution in [0.3, 0.4) is 0 Å². The number of benzene rings is 2. The van der Waals surface area contributed by atoms with E-state index in [0.717, 1.165) is 5.69 Å². The van der Waals surface area contributed by atoms with Crippen LogP contribution in [0, 0.1) is 0 Å². The van der Waals surface area contributed by atoms with Crippen LogP contribution in [0.2, 0.25) is 5.02 Å². The van der Waals surface area contributed by atoms with Gasteiger partial charge in [-0.25, -0.2) is 8.42 Å². The molecule has 1 atom stereocenters. The third-order valence-electron chi connectivity index (χ3n) is 5.00. The number of carbonyl (C=O) groups excluding carboxylic acids is 2. The molecule has 11 heteroatoms. The molecule has 2 amide bonds. The SMILES string of the molecule is O=C(CCS(=O)(=O)c1ccc(Cl)cc1)Nc1nnc(C2CC(=O)N(c3ccccc3)C2)o1. The zero-order valence-corrected chi connectivity index (χ0v) is 18.3. The molecule has 3 aromatic rings. The Morgan fingerprint density at radius 1 is 1.12 bits per heavy atom. The molecule has 1 N–H and O–H groups in total. The second kappa shape index (κ2) is 9.09. The highest BCUT2D eigenvalue weighted by molar-refractivity contribution is 7.91. The largest absolute Gasteiger partial charge is 0.407 e. The number of sulfone groups is 1. The summed E-state index contributed by atoms with van der Waals surface area (Å²) in [5.74, 6) is -1.08. The van der Waals surface area contributed by atoms with E-state index in [2.05, 4.69) is 15.5 Å². The lowest BCUT2D eigenvalue weighted by molar-refractivity contribution is -0.117. The highest BCUT2D eigenvalue weighted by Gasteiger charge is 2.35. The van der Waals surface area contributed by atoms with Gasteiger partial charge in [0.15, 0.2) is 9.84 Å². The van der Waals surface area contributed by atoms with Gasteiger partial charge in [-0.15, -0.1) is 5.10 Å². The summed E-state index contributed by atoms with van der Waals surface area (Å²) in [5, 5.41) is 10.6. The lowest BCUT2D eigenvalue weighted by Crippen LogP contribution is -2.24. The van der Waals surface area contributed by atoms with E-state index in [0.29, 0.717) is 11.6 Å². The molecule has 1 fully saturated rings. The molecule has 0 aliphatic carbocycles. The number of anilines is 2. The van der Waals surface area contributed by atoms with Gasteiger partial charge in [-0.2, -0.15) is 0 Å². The van der Waals surface area contributed by atoms with E-state index in [1.54, 1.807) is 4.90 Å². The molecule has 0 bridgehead atoms. The summed E-state index contributed by atoms with van der Waals surface area (Å²) in [6, 6.07) is 14.8. The minimum atomic E-state index is -3.64. The summed E-state index contributed by atoms with van der Waals surface area (Å²) in [6.07, 6.45) is -0.0732. The maximum atomic E-state index is 12.4. The van der Waals surface area contributed by atoms with Gasteiger partial charge in [0.2, 0.25) is 17.7 Å². The Balaban J connectivity index is 1.34. The Kier molecular flexibility index (Phi) is 6.24. The number of rotatable bonds is 7. The van der Waals surface area contributed by atoms with E-state index in [4.69, 9.17) is 16.0 Å². The third kappa shape index (κ3) is 4.97. The first-order chi connectivity index (χ1) is 15.3. The van der Waals surface area contributed by atoms with Crippen molar-refractivity contribution in [2.24, 2.45) is 0 Å². The number of halogens is 1. The van der Waals surface area contributed by atoms with Gasteiger partial charge in [0.25, 0.3) is 0 Å². The first-order valence-electron chi connectivity index (χ1n) is 9.79. The topological polar surface area (TPSA) is 122 Å². The average molecular weight is 475 g/mol. The van der Waals surface area contributed by atoms with Gasteiger partial charge in [0.1, 0.15) is 0 Å². The number of aromatic nitrogens is 2. The zero-order valence-electron chi connectivity index (χ0n) is 16.8. The summed E-state index contributed by atoms with van der Waals surface area (Å²) in [4.78, 5) is 26.3. The summed E-state index contributed by atoms with van der Waals surface area (Å²) < 4.78 is 30.2. The van der Waals surface area contributed by atoms with Crippen LogP contribution in [0.5, 0.6) is 0 Å². The van der Waals surface area contributed by atoms with E-state index < -0.39 is 15.7 Å². The lowest BCUT2D eigenvalue weighted by atomic mass is 10.1. The number of hydrogen-bond donors (Lipinski definition) is 1. The van der Waals surface area contributed by atoms with Crippen LogP contribution in [0.25, 0.3) is 0 Å². The highest BCUT2D eigenvalue weighted by atomic mass is 35.5. The molecule has 0 spiro atoms. The van der Waals surface area contributed by atoms with Crippen molar-refractivity contribution in [3.8, 4) is 0 Å². The van der Waals surface area contributed by atoms with Gasteiger partial charge >= 0.3 is 6.01 Å². The number of nitrogens with one attached hydrogen (secondary N) is 1. The molecule has 1 saturated heterocycles. The van der Waals surface area contributed by atoms with E-state index in [-0.39, 0.29) is 47.2 Å². The second-order valence-electron chi connectivity index (χ2n) is 7.26. The Hall–Kier alpha value is -3.24. The van der Waals surface area contributed by atoms with E-state index in [9.17, 15) is 18.0 Å². The van der Waals surface area contributed by atoms with Gasteiger partial charge in [-0.3, -0.25) is 14.9 Å². The zero-order chi connectivity index (χ0) is 22.7. The summed E-state index contributed by atoms with van der Waals surface area (Å²) >= 11 is 5.77. The lowest BCUT2D eigenvalue weighted by Gasteiger charge is -2.15. The molecule has 0 saturated carbocycles. The number of nitrogens with zero attached hydrogens (tertiary/aromatic N) is 3. The summed E-state index contributed by atoms with van der Waals surface area (Å²) in [6.45, 7) is 0.387. The van der Waals surface area contributed by atoms with Crippen LogP contribution in [-0.4, -0.2) is 42.7 Å². The molecule has 166 valence electrons. The molecule has 1 aliphatic heterocycles. The van der Waals surface area contributed by atoms with Crippen LogP contribution in [0.4, 0.5) is 11.7 Å². The van der Waals surface area contributed by atoms with Gasteiger partial charge < -0.3 is 9.32 Å². The fourth-order valence-electron chi connectivity index (χ4n) is 3.35. The van der Waals surface area contributed by atoms with Crippen LogP contribution in [0.1, 0.15) is 24.7 Å². The molecule has 1 aromatic heterocycles. The van der Waals surface area contributed by atoms with Gasteiger partial charge in [-0.05, 0) is 36.4 Å². The van der Waals surface area contributed by atoms with E-state index >= 15 is 0 Å². The van der Waals surface area contributed by atoms with Crippen molar-refractivity contribution in [1.29, 1.82) is 0 Å². The van der Waals surface area contributed by atoms with Crippen molar-refractivity contribution in [1.82, 2.24) is 10.2 Å². The number of para-hydroxylation sites is 1. The van der Waals surface area contributed by atoms with Crippen molar-refractivity contribution in [3.63, 3.8) is 0 Å². The first kappa shape index (κ1) is 22.0. The highest BCUT2D eigenvalue weighted by Crippen LogP contribution is 2.31. The number of carbonyl (C=O) groups is 2. The van der Waals surface area contributed by atoms with Crippen molar-refractivity contribution in [2.45, 2.75) is 23.7 Å². The Labute approximate surface area is 189 Å². The normalized spacial score (nSPS) is 16.3. The van der Waals surface area contributed by atoms with Crippen molar-refractivity contribution in [3.05, 3.63) is 65.5 Å². The molecule has 0 radical (unpaired) electrons. The molecule has 1 aliphatic rings. The maximum absolute atomic E-state index is 12.4. The molecule has 2 aromatic carbocycles. The van der Waals surface area contributed by atoms with Crippen molar-refractivity contribution in [2.75, 3.05) is 22.5 Å². The molecule has 9 nitrogen and oxygen atoms in total.